The van der Waals surface area contributed by atoms with Crippen molar-refractivity contribution in [3.05, 3.63) is 64.2 Å². The van der Waals surface area contributed by atoms with E-state index in [2.05, 4.69) is 4.98 Å². The molecule has 1 aliphatic carbocycles. The van der Waals surface area contributed by atoms with E-state index >= 15 is 0 Å². The lowest BCUT2D eigenvalue weighted by Gasteiger charge is -2.17. The third-order valence-corrected chi connectivity index (χ3v) is 3.88. The van der Waals surface area contributed by atoms with Gasteiger partial charge in [-0.25, -0.2) is 4.98 Å². The van der Waals surface area contributed by atoms with E-state index in [4.69, 9.17) is 0 Å². The minimum absolute atomic E-state index is 0.130. The van der Waals surface area contributed by atoms with E-state index in [1.54, 1.807) is 6.07 Å². The Hall–Kier alpha value is -1.91. The SMILES string of the molecule is Fc1ccc(Cc2c(C(F)(F)F)ccc3c2CCC3)cn1. The molecule has 0 spiro atoms. The fraction of sp³-hybridized carbons (Fsp3) is 0.312. The first-order valence-electron chi connectivity index (χ1n) is 6.76. The van der Waals surface area contributed by atoms with Crippen molar-refractivity contribution in [3.8, 4) is 0 Å². The first-order chi connectivity index (χ1) is 9.95. The second kappa shape index (κ2) is 5.13. The van der Waals surface area contributed by atoms with Crippen molar-refractivity contribution < 1.29 is 17.6 Å². The number of hydrogen-bond donors (Lipinski definition) is 0. The molecule has 5 heteroatoms. The molecule has 0 aliphatic heterocycles. The summed E-state index contributed by atoms with van der Waals surface area (Å²) in [5.74, 6) is -0.631. The molecule has 1 aromatic carbocycles. The number of halogens is 4. The Morgan fingerprint density at radius 1 is 1.05 bits per heavy atom. The fourth-order valence-electron chi connectivity index (χ4n) is 2.93. The van der Waals surface area contributed by atoms with Gasteiger partial charge in [-0.3, -0.25) is 0 Å². The highest BCUT2D eigenvalue weighted by Gasteiger charge is 2.35. The van der Waals surface area contributed by atoms with Gasteiger partial charge in [-0.05, 0) is 60.1 Å². The number of hydrogen-bond acceptors (Lipinski definition) is 1. The minimum Gasteiger partial charge on any atom is -0.228 e. The van der Waals surface area contributed by atoms with E-state index in [0.717, 1.165) is 30.0 Å². The first-order valence-corrected chi connectivity index (χ1v) is 6.76. The van der Waals surface area contributed by atoms with Crippen LogP contribution in [0.3, 0.4) is 0 Å². The Balaban J connectivity index is 2.07. The van der Waals surface area contributed by atoms with Gasteiger partial charge in [0, 0.05) is 6.20 Å². The van der Waals surface area contributed by atoms with Gasteiger partial charge in [0.1, 0.15) is 0 Å². The molecule has 0 radical (unpaired) electrons. The minimum atomic E-state index is -4.37. The van der Waals surface area contributed by atoms with Crippen molar-refractivity contribution in [3.63, 3.8) is 0 Å². The molecule has 0 fully saturated rings. The number of rotatable bonds is 2. The van der Waals surface area contributed by atoms with Crippen molar-refractivity contribution in [1.29, 1.82) is 0 Å². The molecule has 1 aromatic heterocycles. The van der Waals surface area contributed by atoms with Gasteiger partial charge >= 0.3 is 6.18 Å². The summed E-state index contributed by atoms with van der Waals surface area (Å²) in [6.07, 6.45) is -0.577. The highest BCUT2D eigenvalue weighted by atomic mass is 19.4. The van der Waals surface area contributed by atoms with Crippen molar-refractivity contribution in [2.75, 3.05) is 0 Å². The number of aryl methyl sites for hydroxylation is 1. The zero-order chi connectivity index (χ0) is 15.0. The van der Waals surface area contributed by atoms with Crippen molar-refractivity contribution in [2.45, 2.75) is 31.9 Å². The van der Waals surface area contributed by atoms with Crippen LogP contribution in [0.5, 0.6) is 0 Å². The van der Waals surface area contributed by atoms with Crippen LogP contribution in [0.25, 0.3) is 0 Å². The monoisotopic (exact) mass is 295 g/mol. The molecule has 0 atom stereocenters. The third-order valence-electron chi connectivity index (χ3n) is 3.88. The van der Waals surface area contributed by atoms with Gasteiger partial charge in [-0.15, -0.1) is 0 Å². The Morgan fingerprint density at radius 3 is 2.52 bits per heavy atom. The predicted octanol–water partition coefficient (Wildman–Crippen LogP) is 4.32. The molecule has 3 rings (SSSR count). The Kier molecular flexibility index (Phi) is 3.43. The van der Waals surface area contributed by atoms with Crippen LogP contribution in [0.2, 0.25) is 0 Å². The molecule has 0 saturated heterocycles. The summed E-state index contributed by atoms with van der Waals surface area (Å²) in [6.45, 7) is 0. The summed E-state index contributed by atoms with van der Waals surface area (Å²) in [7, 11) is 0. The molecular formula is C16H13F4N. The molecule has 0 amide bonds. The summed E-state index contributed by atoms with van der Waals surface area (Å²) in [4.78, 5) is 3.51. The summed E-state index contributed by atoms with van der Waals surface area (Å²) in [5, 5.41) is 0. The summed E-state index contributed by atoms with van der Waals surface area (Å²) in [5.41, 5.74) is 2.10. The molecule has 0 unspecified atom stereocenters. The van der Waals surface area contributed by atoms with E-state index < -0.39 is 17.7 Å². The molecule has 21 heavy (non-hydrogen) atoms. The maximum atomic E-state index is 13.2. The lowest BCUT2D eigenvalue weighted by atomic mass is 9.92. The summed E-state index contributed by atoms with van der Waals surface area (Å²) >= 11 is 0. The van der Waals surface area contributed by atoms with E-state index in [1.807, 2.05) is 0 Å². The zero-order valence-corrected chi connectivity index (χ0v) is 11.2. The van der Waals surface area contributed by atoms with Crippen LogP contribution in [0, 0.1) is 5.95 Å². The second-order valence-corrected chi connectivity index (χ2v) is 5.25. The molecule has 110 valence electrons. The number of pyridine rings is 1. The van der Waals surface area contributed by atoms with Crippen LogP contribution in [0.4, 0.5) is 17.6 Å². The molecule has 0 N–H and O–H groups in total. The van der Waals surface area contributed by atoms with Gasteiger partial charge in [0.05, 0.1) is 5.56 Å². The molecule has 0 bridgehead atoms. The topological polar surface area (TPSA) is 12.9 Å². The molecule has 1 nitrogen and oxygen atoms in total. The van der Waals surface area contributed by atoms with Crippen LogP contribution in [-0.2, 0) is 25.4 Å². The van der Waals surface area contributed by atoms with Crippen molar-refractivity contribution in [2.24, 2.45) is 0 Å². The molecular weight excluding hydrogens is 282 g/mol. The average molecular weight is 295 g/mol. The van der Waals surface area contributed by atoms with Gasteiger partial charge < -0.3 is 0 Å². The second-order valence-electron chi connectivity index (χ2n) is 5.25. The van der Waals surface area contributed by atoms with Crippen LogP contribution in [0.1, 0.15) is 34.2 Å². The van der Waals surface area contributed by atoms with Gasteiger partial charge in [0.25, 0.3) is 0 Å². The normalized spacial score (nSPS) is 14.3. The van der Waals surface area contributed by atoms with E-state index in [0.29, 0.717) is 17.5 Å². The standard InChI is InChI=1S/C16H13F4N/c17-15-7-4-10(9-21-15)8-13-12-3-1-2-11(12)5-6-14(13)16(18,19)20/h4-7,9H,1-3,8H2. The van der Waals surface area contributed by atoms with Gasteiger partial charge in [-0.2, -0.15) is 17.6 Å². The smallest absolute Gasteiger partial charge is 0.228 e. The van der Waals surface area contributed by atoms with E-state index in [9.17, 15) is 17.6 Å². The first kappa shape index (κ1) is 14.0. The van der Waals surface area contributed by atoms with Gasteiger partial charge in [0.15, 0.2) is 0 Å². The molecule has 0 saturated carbocycles. The van der Waals surface area contributed by atoms with Gasteiger partial charge in [0.2, 0.25) is 5.95 Å². The van der Waals surface area contributed by atoms with Crippen molar-refractivity contribution >= 4 is 0 Å². The van der Waals surface area contributed by atoms with Crippen LogP contribution in [0.15, 0.2) is 30.5 Å². The maximum Gasteiger partial charge on any atom is 0.416 e. The van der Waals surface area contributed by atoms with Crippen LogP contribution in [-0.4, -0.2) is 4.98 Å². The van der Waals surface area contributed by atoms with Crippen molar-refractivity contribution in [1.82, 2.24) is 4.98 Å². The molecule has 1 heterocycles. The highest BCUT2D eigenvalue weighted by molar-refractivity contribution is 5.47. The summed E-state index contributed by atoms with van der Waals surface area (Å²) < 4.78 is 52.4. The predicted molar refractivity (Wildman–Crippen MR) is 70.5 cm³/mol. The lowest BCUT2D eigenvalue weighted by Crippen LogP contribution is -2.12. The highest BCUT2D eigenvalue weighted by Crippen LogP contribution is 2.38. The Bertz CT molecular complexity index is 659. The largest absolute Gasteiger partial charge is 0.416 e. The number of nitrogens with zero attached hydrogens (tertiary/aromatic N) is 1. The number of alkyl halides is 3. The average Bonchev–Trinajstić information content (AvgIpc) is 2.89. The number of fused-ring (bicyclic) bond motifs is 1. The van der Waals surface area contributed by atoms with E-state index in [1.165, 1.54) is 18.3 Å². The van der Waals surface area contributed by atoms with E-state index in [-0.39, 0.29) is 6.42 Å². The summed E-state index contributed by atoms with van der Waals surface area (Å²) in [6, 6.07) is 5.40. The number of aromatic nitrogens is 1. The fourth-order valence-corrected chi connectivity index (χ4v) is 2.93. The molecule has 2 aromatic rings. The Labute approximate surface area is 119 Å². The van der Waals surface area contributed by atoms with Crippen LogP contribution < -0.4 is 0 Å². The maximum absolute atomic E-state index is 13.2. The zero-order valence-electron chi connectivity index (χ0n) is 11.2. The molecule has 1 aliphatic rings. The number of benzene rings is 1. The third kappa shape index (κ3) is 2.77. The Morgan fingerprint density at radius 2 is 1.86 bits per heavy atom. The van der Waals surface area contributed by atoms with Crippen LogP contribution >= 0.6 is 0 Å². The lowest BCUT2D eigenvalue weighted by molar-refractivity contribution is -0.138. The quantitative estimate of drug-likeness (QED) is 0.594. The van der Waals surface area contributed by atoms with Gasteiger partial charge in [-0.1, -0.05) is 12.1 Å².